The lowest BCUT2D eigenvalue weighted by Gasteiger charge is -2.43. The van der Waals surface area contributed by atoms with Crippen LogP contribution in [0.4, 0.5) is 11.4 Å². The third-order valence-electron chi connectivity index (χ3n) is 6.68. The molecule has 0 saturated carbocycles. The summed E-state index contributed by atoms with van der Waals surface area (Å²) in [4.78, 5) is 14.5. The lowest BCUT2D eigenvalue weighted by molar-refractivity contribution is -0.386. The molecule has 4 rings (SSSR count). The number of anilines is 1. The van der Waals surface area contributed by atoms with Crippen LogP contribution in [0.25, 0.3) is 0 Å². The van der Waals surface area contributed by atoms with E-state index in [4.69, 9.17) is 20.9 Å². The minimum absolute atomic E-state index is 0.0257. The van der Waals surface area contributed by atoms with E-state index in [2.05, 4.69) is 31.0 Å². The molecule has 8 nitrogen and oxygen atoms in total. The monoisotopic (exact) mass is 502 g/mol. The van der Waals surface area contributed by atoms with Crippen LogP contribution in [0, 0.1) is 10.1 Å². The molecule has 1 spiro atoms. The Balaban J connectivity index is 0.00000167. The number of nitro groups is 1. The lowest BCUT2D eigenvalue weighted by atomic mass is 9.91. The molecule has 4 N–H and O–H groups in total. The number of nitro benzene ring substituents is 1. The van der Waals surface area contributed by atoms with Gasteiger partial charge in [0.1, 0.15) is 5.75 Å². The summed E-state index contributed by atoms with van der Waals surface area (Å²) in [5, 5.41) is 11.6. The van der Waals surface area contributed by atoms with Crippen molar-refractivity contribution in [3.63, 3.8) is 0 Å². The van der Waals surface area contributed by atoms with Crippen molar-refractivity contribution in [2.45, 2.75) is 62.1 Å². The molecule has 9 heteroatoms. The first-order valence-electron chi connectivity index (χ1n) is 12.4. The highest BCUT2D eigenvalue weighted by molar-refractivity contribution is 8.01. The predicted molar refractivity (Wildman–Crippen MR) is 143 cm³/mol. The van der Waals surface area contributed by atoms with Crippen LogP contribution in [0.2, 0.25) is 0 Å². The Labute approximate surface area is 212 Å². The number of ether oxygens (including phenoxy) is 2. The number of aryl methyl sites for hydroxylation is 1. The summed E-state index contributed by atoms with van der Waals surface area (Å²) in [5.74, 6) is 1.45. The second-order valence-corrected chi connectivity index (χ2v) is 9.97. The molecule has 0 fully saturated rings. The van der Waals surface area contributed by atoms with Crippen molar-refractivity contribution < 1.29 is 14.4 Å². The fourth-order valence-corrected chi connectivity index (χ4v) is 6.37. The summed E-state index contributed by atoms with van der Waals surface area (Å²) in [7, 11) is 2.13. The molecule has 2 atom stereocenters. The first kappa shape index (κ1) is 27.1. The van der Waals surface area contributed by atoms with Crippen molar-refractivity contribution in [2.24, 2.45) is 11.5 Å². The zero-order valence-electron chi connectivity index (χ0n) is 21.2. The highest BCUT2D eigenvalue weighted by Crippen LogP contribution is 2.60. The van der Waals surface area contributed by atoms with Gasteiger partial charge in [-0.15, -0.1) is 0 Å². The zero-order chi connectivity index (χ0) is 25.6. The molecule has 2 aromatic rings. The molecule has 0 aromatic heterocycles. The minimum Gasteiger partial charge on any atom is -0.493 e. The standard InChI is InChI=1S/C24H32N4O4S.C2H6/c1-16-19-6-5-18(31-11-3-9-25)14-20(19)27(2)24(16)8-7-17-13-21(28(29)30)22(15-23(17)33-24)32-12-4-10-26;1-2/h5-6,13-16H,3-4,7-12,25-26H2,1-2H3;1-2H3. The van der Waals surface area contributed by atoms with Crippen LogP contribution >= 0.6 is 11.8 Å². The Hall–Kier alpha value is -2.49. The molecule has 0 amide bonds. The number of hydrogen-bond donors (Lipinski definition) is 2. The number of rotatable bonds is 9. The van der Waals surface area contributed by atoms with Gasteiger partial charge in [0, 0.05) is 41.7 Å². The van der Waals surface area contributed by atoms with E-state index in [1.807, 2.05) is 26.0 Å². The largest absolute Gasteiger partial charge is 0.493 e. The maximum absolute atomic E-state index is 11.6. The molecule has 2 aliphatic heterocycles. The number of thioether (sulfide) groups is 1. The number of benzene rings is 2. The maximum Gasteiger partial charge on any atom is 0.311 e. The van der Waals surface area contributed by atoms with Crippen molar-refractivity contribution >= 4 is 23.1 Å². The molecule has 0 bridgehead atoms. The molecule has 35 heavy (non-hydrogen) atoms. The maximum atomic E-state index is 11.6. The van der Waals surface area contributed by atoms with Crippen LogP contribution in [-0.4, -0.2) is 43.1 Å². The Kier molecular flexibility index (Phi) is 9.27. The van der Waals surface area contributed by atoms with Gasteiger partial charge in [-0.05, 0) is 56.0 Å². The highest BCUT2D eigenvalue weighted by Gasteiger charge is 2.50. The lowest BCUT2D eigenvalue weighted by Crippen LogP contribution is -2.45. The molecule has 0 radical (unpaired) electrons. The van der Waals surface area contributed by atoms with Gasteiger partial charge in [0.25, 0.3) is 0 Å². The fourth-order valence-electron chi connectivity index (χ4n) is 4.78. The van der Waals surface area contributed by atoms with E-state index in [-0.39, 0.29) is 21.4 Å². The van der Waals surface area contributed by atoms with Crippen molar-refractivity contribution in [2.75, 3.05) is 38.3 Å². The summed E-state index contributed by atoms with van der Waals surface area (Å²) < 4.78 is 11.6. The van der Waals surface area contributed by atoms with Crippen molar-refractivity contribution in [3.8, 4) is 11.5 Å². The van der Waals surface area contributed by atoms with E-state index in [1.165, 1.54) is 11.3 Å². The summed E-state index contributed by atoms with van der Waals surface area (Å²) in [6.45, 7) is 8.32. The van der Waals surface area contributed by atoms with Gasteiger partial charge in [-0.2, -0.15) is 0 Å². The first-order chi connectivity index (χ1) is 16.9. The van der Waals surface area contributed by atoms with Gasteiger partial charge in [0.2, 0.25) is 0 Å². The third-order valence-corrected chi connectivity index (χ3v) is 8.46. The predicted octanol–water partition coefficient (Wildman–Crippen LogP) is 5.06. The summed E-state index contributed by atoms with van der Waals surface area (Å²) >= 11 is 1.78. The van der Waals surface area contributed by atoms with Gasteiger partial charge < -0.3 is 25.8 Å². The second kappa shape index (κ2) is 12.0. The number of likely N-dealkylation sites (N-methyl/N-ethyl adjacent to an activating group) is 1. The molecule has 0 saturated heterocycles. The Morgan fingerprint density at radius 1 is 1.14 bits per heavy atom. The van der Waals surface area contributed by atoms with Gasteiger partial charge in [0.05, 0.1) is 23.0 Å². The molecular weight excluding hydrogens is 464 g/mol. The topological polar surface area (TPSA) is 117 Å². The number of nitrogens with zero attached hydrogens (tertiary/aromatic N) is 2. The third kappa shape index (κ3) is 5.37. The van der Waals surface area contributed by atoms with E-state index < -0.39 is 0 Å². The molecule has 2 unspecified atom stereocenters. The Morgan fingerprint density at radius 3 is 2.49 bits per heavy atom. The van der Waals surface area contributed by atoms with Crippen LogP contribution in [-0.2, 0) is 6.42 Å². The van der Waals surface area contributed by atoms with Crippen molar-refractivity contribution in [1.29, 1.82) is 0 Å². The zero-order valence-corrected chi connectivity index (χ0v) is 22.0. The number of hydrogen-bond acceptors (Lipinski definition) is 8. The van der Waals surface area contributed by atoms with E-state index in [0.29, 0.717) is 38.5 Å². The van der Waals surface area contributed by atoms with E-state index >= 15 is 0 Å². The van der Waals surface area contributed by atoms with Crippen LogP contribution in [0.1, 0.15) is 57.1 Å². The second-order valence-electron chi connectivity index (χ2n) is 8.61. The quantitative estimate of drug-likeness (QED) is 0.277. The van der Waals surface area contributed by atoms with Crippen molar-refractivity contribution in [3.05, 3.63) is 51.6 Å². The van der Waals surface area contributed by atoms with Crippen LogP contribution < -0.4 is 25.8 Å². The van der Waals surface area contributed by atoms with Gasteiger partial charge in [-0.25, -0.2) is 0 Å². The van der Waals surface area contributed by atoms with Gasteiger partial charge in [-0.3, -0.25) is 10.1 Å². The van der Waals surface area contributed by atoms with E-state index in [1.54, 1.807) is 17.8 Å². The van der Waals surface area contributed by atoms with Gasteiger partial charge in [0.15, 0.2) is 5.75 Å². The van der Waals surface area contributed by atoms with Gasteiger partial charge >= 0.3 is 5.69 Å². The molecule has 2 heterocycles. The summed E-state index contributed by atoms with van der Waals surface area (Å²) in [5.41, 5.74) is 14.6. The smallest absolute Gasteiger partial charge is 0.311 e. The van der Waals surface area contributed by atoms with Crippen LogP contribution in [0.3, 0.4) is 0 Å². The highest BCUT2D eigenvalue weighted by atomic mass is 32.2. The fraction of sp³-hybridized carbons (Fsp3) is 0.538. The first-order valence-corrected chi connectivity index (χ1v) is 13.3. The SMILES string of the molecule is CC.CC1c2ccc(OCCCN)cc2N(C)C12CCc1cc([N+](=O)[O-])c(OCCCN)cc1S2. The molecule has 2 aliphatic rings. The molecular formula is C26H38N4O4S. The van der Waals surface area contributed by atoms with E-state index in [9.17, 15) is 10.1 Å². The Morgan fingerprint density at radius 2 is 1.83 bits per heavy atom. The van der Waals surface area contributed by atoms with E-state index in [0.717, 1.165) is 35.5 Å². The summed E-state index contributed by atoms with van der Waals surface area (Å²) in [6.07, 6.45) is 3.14. The average molecular weight is 503 g/mol. The van der Waals surface area contributed by atoms with Crippen LogP contribution in [0.5, 0.6) is 11.5 Å². The van der Waals surface area contributed by atoms with Gasteiger partial charge in [-0.1, -0.05) is 38.6 Å². The molecule has 192 valence electrons. The van der Waals surface area contributed by atoms with Crippen LogP contribution in [0.15, 0.2) is 35.2 Å². The number of fused-ring (bicyclic) bond motifs is 2. The number of nitrogens with two attached hydrogens (primary N) is 2. The van der Waals surface area contributed by atoms with Crippen molar-refractivity contribution in [1.82, 2.24) is 0 Å². The molecule has 2 aromatic carbocycles. The summed E-state index contributed by atoms with van der Waals surface area (Å²) in [6, 6.07) is 9.84. The molecule has 0 aliphatic carbocycles. The normalized spacial score (nSPS) is 20.1. The Bertz CT molecular complexity index is 1030. The minimum atomic E-state index is -0.362. The average Bonchev–Trinajstić information content (AvgIpc) is 3.06.